The van der Waals surface area contributed by atoms with Crippen LogP contribution >= 0.6 is 0 Å². The molecule has 1 saturated heterocycles. The minimum Gasteiger partial charge on any atom is -0.342 e. The highest BCUT2D eigenvalue weighted by Gasteiger charge is 2.33. The van der Waals surface area contributed by atoms with Crippen molar-refractivity contribution in [1.82, 2.24) is 24.8 Å². The van der Waals surface area contributed by atoms with Gasteiger partial charge in [0.05, 0.1) is 0 Å². The number of benzene rings is 1. The first-order chi connectivity index (χ1) is 15.6. The number of piperazine rings is 1. The van der Waals surface area contributed by atoms with Crippen molar-refractivity contribution in [2.45, 2.75) is 26.1 Å². The minimum atomic E-state index is -4.55. The highest BCUT2D eigenvalue weighted by molar-refractivity contribution is 5.85. The van der Waals surface area contributed by atoms with Gasteiger partial charge in [-0.15, -0.1) is 0 Å². The second-order valence-electron chi connectivity index (χ2n) is 7.88. The molecule has 1 amide bonds. The summed E-state index contributed by atoms with van der Waals surface area (Å²) in [5, 5.41) is 2.83. The topological polar surface area (TPSA) is 87.1 Å². The summed E-state index contributed by atoms with van der Waals surface area (Å²) in [6.07, 6.45) is -0.165. The molecule has 2 aromatic heterocycles. The first kappa shape index (κ1) is 22.4. The molecule has 0 bridgehead atoms. The zero-order valence-corrected chi connectivity index (χ0v) is 18.3. The quantitative estimate of drug-likeness (QED) is 0.640. The van der Waals surface area contributed by atoms with Crippen molar-refractivity contribution < 1.29 is 18.0 Å². The standard InChI is InChI=1S/C22H22F3N7O/c1-13-8-15(10-17(9-13)29-20-26-5-4-18(30-20)22(23,24)25)16-11-27-21(28-12-16)32-7-6-31(3)19(33)14(32)2/h4-5,8-12,14H,6-7H2,1-3H3,(H,26,29,30). The van der Waals surface area contributed by atoms with E-state index in [4.69, 9.17) is 0 Å². The maximum Gasteiger partial charge on any atom is 0.433 e. The molecule has 3 heterocycles. The van der Waals surface area contributed by atoms with Gasteiger partial charge in [-0.2, -0.15) is 13.2 Å². The van der Waals surface area contributed by atoms with Gasteiger partial charge in [0.15, 0.2) is 0 Å². The third kappa shape index (κ3) is 4.86. The van der Waals surface area contributed by atoms with Crippen molar-refractivity contribution in [2.24, 2.45) is 0 Å². The number of amides is 1. The molecular formula is C22H22F3N7O. The summed E-state index contributed by atoms with van der Waals surface area (Å²) in [7, 11) is 1.77. The van der Waals surface area contributed by atoms with Crippen LogP contribution in [0.5, 0.6) is 0 Å². The number of aryl methyl sites for hydroxylation is 1. The number of nitrogens with one attached hydrogen (secondary N) is 1. The fourth-order valence-electron chi connectivity index (χ4n) is 3.63. The Morgan fingerprint density at radius 3 is 2.48 bits per heavy atom. The number of likely N-dealkylation sites (N-methyl/N-ethyl adjacent to an activating group) is 1. The maximum atomic E-state index is 12.9. The Kier molecular flexibility index (Phi) is 5.88. The number of carbonyl (C=O) groups excluding carboxylic acids is 1. The Hall–Kier alpha value is -3.76. The van der Waals surface area contributed by atoms with Crippen molar-refractivity contribution in [2.75, 3.05) is 30.4 Å². The van der Waals surface area contributed by atoms with E-state index >= 15 is 0 Å². The lowest BCUT2D eigenvalue weighted by atomic mass is 10.1. The van der Waals surface area contributed by atoms with Gasteiger partial charge in [-0.1, -0.05) is 6.07 Å². The fourth-order valence-corrected chi connectivity index (χ4v) is 3.63. The van der Waals surface area contributed by atoms with Gasteiger partial charge in [0.1, 0.15) is 11.7 Å². The van der Waals surface area contributed by atoms with Crippen LogP contribution in [0, 0.1) is 6.92 Å². The van der Waals surface area contributed by atoms with Crippen LogP contribution in [0.15, 0.2) is 42.9 Å². The SMILES string of the molecule is Cc1cc(Nc2nccc(C(F)(F)F)n2)cc(-c2cnc(N3CCN(C)C(=O)C3C)nc2)c1. The van der Waals surface area contributed by atoms with Gasteiger partial charge in [-0.3, -0.25) is 4.79 Å². The predicted molar refractivity (Wildman–Crippen MR) is 117 cm³/mol. The molecule has 8 nitrogen and oxygen atoms in total. The van der Waals surface area contributed by atoms with Gasteiger partial charge in [0.25, 0.3) is 0 Å². The predicted octanol–water partition coefficient (Wildman–Crippen LogP) is 3.67. The van der Waals surface area contributed by atoms with Crippen molar-refractivity contribution in [3.05, 3.63) is 54.1 Å². The summed E-state index contributed by atoms with van der Waals surface area (Å²) in [4.78, 5) is 32.1. The molecule has 172 valence electrons. The molecule has 1 unspecified atom stereocenters. The van der Waals surface area contributed by atoms with E-state index in [1.807, 2.05) is 24.8 Å². The smallest absolute Gasteiger partial charge is 0.342 e. The van der Waals surface area contributed by atoms with Crippen molar-refractivity contribution in [3.63, 3.8) is 0 Å². The molecule has 1 fully saturated rings. The van der Waals surface area contributed by atoms with E-state index < -0.39 is 11.9 Å². The molecule has 4 rings (SSSR count). The van der Waals surface area contributed by atoms with Gasteiger partial charge >= 0.3 is 6.18 Å². The van der Waals surface area contributed by atoms with Crippen LogP contribution in [0.3, 0.4) is 0 Å². The molecule has 0 aliphatic carbocycles. The first-order valence-electron chi connectivity index (χ1n) is 10.2. The third-order valence-corrected chi connectivity index (χ3v) is 5.39. The van der Waals surface area contributed by atoms with Crippen LogP contribution < -0.4 is 10.2 Å². The first-order valence-corrected chi connectivity index (χ1v) is 10.2. The molecule has 1 aromatic carbocycles. The van der Waals surface area contributed by atoms with E-state index in [2.05, 4.69) is 25.3 Å². The molecule has 0 radical (unpaired) electrons. The normalized spacial score (nSPS) is 16.8. The monoisotopic (exact) mass is 457 g/mol. The summed E-state index contributed by atoms with van der Waals surface area (Å²) in [6.45, 7) is 4.93. The molecule has 1 aliphatic rings. The fraction of sp³-hybridized carbons (Fsp3) is 0.318. The van der Waals surface area contributed by atoms with Gasteiger partial charge in [0, 0.05) is 50.0 Å². The van der Waals surface area contributed by atoms with Crippen molar-refractivity contribution >= 4 is 23.5 Å². The average molecular weight is 457 g/mol. The number of halogens is 3. The number of aromatic nitrogens is 4. The number of rotatable bonds is 4. The van der Waals surface area contributed by atoms with Gasteiger partial charge < -0.3 is 15.1 Å². The second-order valence-corrected chi connectivity index (χ2v) is 7.88. The van der Waals surface area contributed by atoms with Crippen molar-refractivity contribution in [3.8, 4) is 11.1 Å². The lowest BCUT2D eigenvalue weighted by Crippen LogP contribution is -2.55. The number of nitrogens with zero attached hydrogens (tertiary/aromatic N) is 6. The van der Waals surface area contributed by atoms with Crippen LogP contribution in [0.25, 0.3) is 11.1 Å². The Bertz CT molecular complexity index is 1170. The largest absolute Gasteiger partial charge is 0.433 e. The number of anilines is 3. The molecule has 0 saturated carbocycles. The van der Waals surface area contributed by atoms with E-state index in [0.717, 1.165) is 29.0 Å². The zero-order chi connectivity index (χ0) is 23.8. The van der Waals surface area contributed by atoms with Crippen LogP contribution in [0.1, 0.15) is 18.2 Å². The molecule has 1 aliphatic heterocycles. The molecular weight excluding hydrogens is 435 g/mol. The van der Waals surface area contributed by atoms with Gasteiger partial charge in [-0.25, -0.2) is 19.9 Å². The number of carbonyl (C=O) groups is 1. The summed E-state index contributed by atoms with van der Waals surface area (Å²) in [5.74, 6) is 0.331. The highest BCUT2D eigenvalue weighted by atomic mass is 19.4. The lowest BCUT2D eigenvalue weighted by Gasteiger charge is -2.37. The molecule has 33 heavy (non-hydrogen) atoms. The van der Waals surface area contributed by atoms with Crippen LogP contribution in [0.4, 0.5) is 30.8 Å². The lowest BCUT2D eigenvalue weighted by molar-refractivity contribution is -0.141. The van der Waals surface area contributed by atoms with E-state index in [9.17, 15) is 18.0 Å². The van der Waals surface area contributed by atoms with E-state index in [1.165, 1.54) is 0 Å². The Labute approximate surface area is 188 Å². The molecule has 1 atom stereocenters. The Balaban J connectivity index is 1.56. The van der Waals surface area contributed by atoms with Crippen LogP contribution in [-0.4, -0.2) is 56.9 Å². The zero-order valence-electron chi connectivity index (χ0n) is 18.3. The Morgan fingerprint density at radius 2 is 1.79 bits per heavy atom. The summed E-state index contributed by atoms with van der Waals surface area (Å²) in [6, 6.07) is 5.92. The number of alkyl halides is 3. The highest BCUT2D eigenvalue weighted by Crippen LogP contribution is 2.29. The average Bonchev–Trinajstić information content (AvgIpc) is 2.77. The summed E-state index contributed by atoms with van der Waals surface area (Å²) < 4.78 is 38.8. The summed E-state index contributed by atoms with van der Waals surface area (Å²) in [5.41, 5.74) is 1.90. The van der Waals surface area contributed by atoms with Crippen molar-refractivity contribution in [1.29, 1.82) is 0 Å². The molecule has 11 heteroatoms. The van der Waals surface area contributed by atoms with E-state index in [-0.39, 0.29) is 17.9 Å². The molecule has 3 aromatic rings. The van der Waals surface area contributed by atoms with Crippen LogP contribution in [0.2, 0.25) is 0 Å². The molecule has 1 N–H and O–H groups in total. The Morgan fingerprint density at radius 1 is 1.06 bits per heavy atom. The maximum absolute atomic E-state index is 12.9. The van der Waals surface area contributed by atoms with Gasteiger partial charge in [-0.05, 0) is 43.2 Å². The van der Waals surface area contributed by atoms with E-state index in [1.54, 1.807) is 36.5 Å². The second kappa shape index (κ2) is 8.64. The number of hydrogen-bond acceptors (Lipinski definition) is 7. The van der Waals surface area contributed by atoms with Crippen LogP contribution in [-0.2, 0) is 11.0 Å². The number of hydrogen-bond donors (Lipinski definition) is 1. The summed E-state index contributed by atoms with van der Waals surface area (Å²) >= 11 is 0. The van der Waals surface area contributed by atoms with Gasteiger partial charge in [0.2, 0.25) is 17.8 Å². The van der Waals surface area contributed by atoms with E-state index in [0.29, 0.717) is 24.7 Å². The minimum absolute atomic E-state index is 0.0140. The molecule has 0 spiro atoms. The third-order valence-electron chi connectivity index (χ3n) is 5.39.